The van der Waals surface area contributed by atoms with Gasteiger partial charge in [0, 0.05) is 40.4 Å². The maximum absolute atomic E-state index is 5.42. The van der Waals surface area contributed by atoms with Gasteiger partial charge in [-0.1, -0.05) is 13.8 Å². The molecule has 116 valence electrons. The summed E-state index contributed by atoms with van der Waals surface area (Å²) in [5.74, 6) is 2.68. The number of nitrogens with one attached hydrogen (secondary N) is 1. The monoisotopic (exact) mass is 281 g/mol. The fraction of sp³-hybridized carbons (Fsp3) is 0.938. The van der Waals surface area contributed by atoms with Crippen molar-refractivity contribution < 1.29 is 4.74 Å². The van der Waals surface area contributed by atoms with E-state index in [-0.39, 0.29) is 0 Å². The molecule has 0 bridgehead atoms. The Labute approximate surface area is 124 Å². The van der Waals surface area contributed by atoms with E-state index in [1.807, 2.05) is 7.05 Å². The van der Waals surface area contributed by atoms with Gasteiger partial charge in [0.05, 0.1) is 0 Å². The zero-order chi connectivity index (χ0) is 14.6. The lowest BCUT2D eigenvalue weighted by atomic mass is 9.96. The Morgan fingerprint density at radius 2 is 2.00 bits per heavy atom. The highest BCUT2D eigenvalue weighted by atomic mass is 16.5. The molecule has 1 unspecified atom stereocenters. The van der Waals surface area contributed by atoms with Crippen LogP contribution in [0.25, 0.3) is 0 Å². The molecular formula is C16H31N3O. The molecule has 1 saturated heterocycles. The van der Waals surface area contributed by atoms with E-state index < -0.39 is 0 Å². The largest absolute Gasteiger partial charge is 0.381 e. The molecule has 0 spiro atoms. The highest BCUT2D eigenvalue weighted by molar-refractivity contribution is 5.79. The van der Waals surface area contributed by atoms with Crippen LogP contribution in [-0.2, 0) is 4.74 Å². The summed E-state index contributed by atoms with van der Waals surface area (Å²) in [7, 11) is 4.03. The average molecular weight is 281 g/mol. The normalized spacial score (nSPS) is 26.4. The number of hydrogen-bond donors (Lipinski definition) is 1. The zero-order valence-corrected chi connectivity index (χ0v) is 13.6. The summed E-state index contributed by atoms with van der Waals surface area (Å²) in [6.07, 6.45) is 5.02. The second kappa shape index (κ2) is 6.79. The van der Waals surface area contributed by atoms with Gasteiger partial charge in [0.1, 0.15) is 0 Å². The number of aliphatic imine (C=N–C) groups is 1. The maximum Gasteiger partial charge on any atom is 0.193 e. The van der Waals surface area contributed by atoms with Gasteiger partial charge in [0.25, 0.3) is 0 Å². The van der Waals surface area contributed by atoms with Gasteiger partial charge in [-0.15, -0.1) is 0 Å². The second-order valence-corrected chi connectivity index (χ2v) is 7.08. The lowest BCUT2D eigenvalue weighted by molar-refractivity contribution is 0.0625. The molecule has 0 amide bonds. The van der Waals surface area contributed by atoms with Gasteiger partial charge in [-0.05, 0) is 42.9 Å². The topological polar surface area (TPSA) is 36.9 Å². The van der Waals surface area contributed by atoms with Crippen LogP contribution < -0.4 is 5.32 Å². The van der Waals surface area contributed by atoms with E-state index in [1.54, 1.807) is 0 Å². The molecule has 1 aliphatic carbocycles. The Kier molecular flexibility index (Phi) is 5.30. The molecule has 20 heavy (non-hydrogen) atoms. The Morgan fingerprint density at radius 1 is 1.35 bits per heavy atom. The number of nitrogens with zero attached hydrogens (tertiary/aromatic N) is 2. The van der Waals surface area contributed by atoms with Crippen molar-refractivity contribution in [3.8, 4) is 0 Å². The minimum absolute atomic E-state index is 0.534. The fourth-order valence-electron chi connectivity index (χ4n) is 3.04. The maximum atomic E-state index is 5.42. The first-order valence-corrected chi connectivity index (χ1v) is 8.02. The van der Waals surface area contributed by atoms with Crippen molar-refractivity contribution in [2.45, 2.75) is 39.5 Å². The van der Waals surface area contributed by atoms with Crippen LogP contribution in [0.5, 0.6) is 0 Å². The molecule has 0 aromatic carbocycles. The first kappa shape index (κ1) is 15.6. The van der Waals surface area contributed by atoms with Crippen LogP contribution in [0.1, 0.15) is 39.5 Å². The first-order chi connectivity index (χ1) is 9.53. The summed E-state index contributed by atoms with van der Waals surface area (Å²) in [6, 6.07) is 0. The highest BCUT2D eigenvalue weighted by Crippen LogP contribution is 2.50. The molecule has 0 radical (unpaired) electrons. The first-order valence-electron chi connectivity index (χ1n) is 8.02. The molecule has 4 nitrogen and oxygen atoms in total. The molecule has 0 aromatic rings. The van der Waals surface area contributed by atoms with E-state index in [2.05, 4.69) is 36.1 Å². The van der Waals surface area contributed by atoms with Crippen LogP contribution in [-0.4, -0.2) is 51.3 Å². The average Bonchev–Trinajstić information content (AvgIpc) is 3.06. The Morgan fingerprint density at radius 3 is 2.55 bits per heavy atom. The standard InChI is InChI=1S/C16H31N3O/c1-16(2)11-14(16)12-18-15(17-3)19(4)8-5-13-6-9-20-10-7-13/h13-14H,5-12H2,1-4H3,(H,17,18). The van der Waals surface area contributed by atoms with Crippen molar-refractivity contribution in [2.75, 3.05) is 40.4 Å². The van der Waals surface area contributed by atoms with E-state index in [1.165, 1.54) is 25.7 Å². The van der Waals surface area contributed by atoms with Crippen LogP contribution in [0.2, 0.25) is 0 Å². The molecule has 2 aliphatic rings. The summed E-state index contributed by atoms with van der Waals surface area (Å²) in [6.45, 7) is 8.71. The van der Waals surface area contributed by atoms with Crippen molar-refractivity contribution in [3.05, 3.63) is 0 Å². The molecule has 0 aromatic heterocycles. The van der Waals surface area contributed by atoms with Crippen molar-refractivity contribution in [1.82, 2.24) is 10.2 Å². The summed E-state index contributed by atoms with van der Waals surface area (Å²) in [5, 5.41) is 3.53. The van der Waals surface area contributed by atoms with Crippen LogP contribution in [0.15, 0.2) is 4.99 Å². The molecular weight excluding hydrogens is 250 g/mol. The predicted molar refractivity (Wildman–Crippen MR) is 84.0 cm³/mol. The van der Waals surface area contributed by atoms with Gasteiger partial charge in [-0.3, -0.25) is 4.99 Å². The Bertz CT molecular complexity index is 335. The second-order valence-electron chi connectivity index (χ2n) is 7.08. The smallest absolute Gasteiger partial charge is 0.193 e. The molecule has 1 N–H and O–H groups in total. The van der Waals surface area contributed by atoms with Crippen LogP contribution in [0.3, 0.4) is 0 Å². The molecule has 2 rings (SSSR count). The SMILES string of the molecule is CN=C(NCC1CC1(C)C)N(C)CCC1CCOCC1. The summed E-state index contributed by atoms with van der Waals surface area (Å²) in [5.41, 5.74) is 0.534. The van der Waals surface area contributed by atoms with Crippen molar-refractivity contribution in [3.63, 3.8) is 0 Å². The lowest BCUT2D eigenvalue weighted by Crippen LogP contribution is -2.41. The highest BCUT2D eigenvalue weighted by Gasteiger charge is 2.45. The van der Waals surface area contributed by atoms with Crippen LogP contribution >= 0.6 is 0 Å². The third-order valence-electron chi connectivity index (χ3n) is 5.01. The van der Waals surface area contributed by atoms with Gasteiger partial charge >= 0.3 is 0 Å². The van der Waals surface area contributed by atoms with E-state index in [9.17, 15) is 0 Å². The molecule has 1 aliphatic heterocycles. The van der Waals surface area contributed by atoms with Gasteiger partial charge in [-0.25, -0.2) is 0 Å². The van der Waals surface area contributed by atoms with Crippen molar-refractivity contribution in [1.29, 1.82) is 0 Å². The number of ether oxygens (including phenoxy) is 1. The Balaban J connectivity index is 1.67. The van der Waals surface area contributed by atoms with E-state index >= 15 is 0 Å². The molecule has 1 heterocycles. The van der Waals surface area contributed by atoms with Gasteiger partial charge in [-0.2, -0.15) is 0 Å². The van der Waals surface area contributed by atoms with E-state index in [0.29, 0.717) is 5.41 Å². The lowest BCUT2D eigenvalue weighted by Gasteiger charge is -2.27. The number of guanidine groups is 1. The predicted octanol–water partition coefficient (Wildman–Crippen LogP) is 2.36. The van der Waals surface area contributed by atoms with Crippen molar-refractivity contribution >= 4 is 5.96 Å². The molecule has 1 saturated carbocycles. The van der Waals surface area contributed by atoms with Crippen LogP contribution in [0.4, 0.5) is 0 Å². The van der Waals surface area contributed by atoms with Crippen molar-refractivity contribution in [2.24, 2.45) is 22.2 Å². The third kappa shape index (κ3) is 4.37. The van der Waals surface area contributed by atoms with E-state index in [4.69, 9.17) is 4.74 Å². The number of rotatable bonds is 5. The van der Waals surface area contributed by atoms with Crippen LogP contribution in [0, 0.1) is 17.3 Å². The quantitative estimate of drug-likeness (QED) is 0.621. The Hall–Kier alpha value is -0.770. The fourth-order valence-corrected chi connectivity index (χ4v) is 3.04. The minimum Gasteiger partial charge on any atom is -0.381 e. The van der Waals surface area contributed by atoms with Gasteiger partial charge < -0.3 is 15.0 Å². The molecule has 1 atom stereocenters. The molecule has 4 heteroatoms. The summed E-state index contributed by atoms with van der Waals surface area (Å²) >= 11 is 0. The zero-order valence-electron chi connectivity index (χ0n) is 13.6. The summed E-state index contributed by atoms with van der Waals surface area (Å²) < 4.78 is 5.42. The summed E-state index contributed by atoms with van der Waals surface area (Å²) in [4.78, 5) is 6.67. The number of hydrogen-bond acceptors (Lipinski definition) is 2. The van der Waals surface area contributed by atoms with E-state index in [0.717, 1.165) is 44.1 Å². The van der Waals surface area contributed by atoms with Gasteiger partial charge in [0.15, 0.2) is 5.96 Å². The third-order valence-corrected chi connectivity index (χ3v) is 5.01. The minimum atomic E-state index is 0.534. The molecule has 2 fully saturated rings. The van der Waals surface area contributed by atoms with Gasteiger partial charge in [0.2, 0.25) is 0 Å².